The highest BCUT2D eigenvalue weighted by Gasteiger charge is 2.13. The van der Waals surface area contributed by atoms with E-state index in [0.29, 0.717) is 14.9 Å². The second-order valence-corrected chi connectivity index (χ2v) is 6.08. The molecular weight excluding hydrogens is 439 g/mol. The van der Waals surface area contributed by atoms with Crippen LogP contribution in [0.15, 0.2) is 43.0 Å². The number of carboxylic acids is 1. The van der Waals surface area contributed by atoms with Crippen molar-refractivity contribution in [1.29, 1.82) is 0 Å². The molecule has 2 N–H and O–H groups in total. The van der Waals surface area contributed by atoms with E-state index in [9.17, 15) is 14.7 Å². The molecule has 2 aromatic rings. The molecule has 0 atom stereocenters. The van der Waals surface area contributed by atoms with Crippen LogP contribution in [0.4, 0.5) is 0 Å². The summed E-state index contributed by atoms with van der Waals surface area (Å²) in [5, 5.41) is 18.7. The van der Waals surface area contributed by atoms with E-state index < -0.39 is 11.9 Å². The van der Waals surface area contributed by atoms with Gasteiger partial charge in [0.25, 0.3) is 0 Å². The van der Waals surface area contributed by atoms with Crippen molar-refractivity contribution in [2.24, 2.45) is 0 Å². The van der Waals surface area contributed by atoms with E-state index >= 15 is 0 Å². The van der Waals surface area contributed by atoms with Crippen LogP contribution in [-0.4, -0.2) is 35.4 Å². The van der Waals surface area contributed by atoms with Crippen LogP contribution in [-0.2, 0) is 4.74 Å². The second-order valence-electron chi connectivity index (χ2n) is 4.92. The number of carbonyl (C=O) groups excluding carboxylic acids is 1. The number of rotatable bonds is 7. The lowest BCUT2D eigenvalue weighted by molar-refractivity contribution is 0.0446. The molecule has 25 heavy (non-hydrogen) atoms. The highest BCUT2D eigenvalue weighted by molar-refractivity contribution is 14.1. The summed E-state index contributed by atoms with van der Waals surface area (Å²) in [7, 11) is 0. The van der Waals surface area contributed by atoms with E-state index in [1.165, 1.54) is 24.3 Å². The van der Waals surface area contributed by atoms with Gasteiger partial charge in [0.15, 0.2) is 0 Å². The van der Waals surface area contributed by atoms with Gasteiger partial charge in [-0.1, -0.05) is 18.7 Å². The monoisotopic (exact) mass is 454 g/mol. The van der Waals surface area contributed by atoms with Gasteiger partial charge in [-0.15, -0.1) is 0 Å². The molecule has 7 heteroatoms. The van der Waals surface area contributed by atoms with Crippen LogP contribution < -0.4 is 4.74 Å². The van der Waals surface area contributed by atoms with Crippen molar-refractivity contribution in [2.75, 3.05) is 13.2 Å². The molecule has 0 spiro atoms. The summed E-state index contributed by atoms with van der Waals surface area (Å²) in [4.78, 5) is 22.8. The number of esters is 1. The Morgan fingerprint density at radius 1 is 1.16 bits per heavy atom. The first-order chi connectivity index (χ1) is 11.9. The molecule has 2 aromatic carbocycles. The van der Waals surface area contributed by atoms with Gasteiger partial charge >= 0.3 is 11.9 Å². The summed E-state index contributed by atoms with van der Waals surface area (Å²) >= 11 is 1.97. The predicted molar refractivity (Wildman–Crippen MR) is 100 cm³/mol. The normalized spacial score (nSPS) is 10.1. The molecule has 6 nitrogen and oxygen atoms in total. The number of halogens is 1. The average Bonchev–Trinajstić information content (AvgIpc) is 2.59. The number of aromatic hydroxyl groups is 1. The smallest absolute Gasteiger partial charge is 0.342 e. The van der Waals surface area contributed by atoms with Crippen molar-refractivity contribution in [1.82, 2.24) is 0 Å². The predicted octanol–water partition coefficient (Wildman–Crippen LogP) is 3.57. The average molecular weight is 454 g/mol. The number of carboxylic acid groups (broad SMARTS) is 1. The highest BCUT2D eigenvalue weighted by Crippen LogP contribution is 2.23. The van der Waals surface area contributed by atoms with Crippen LogP contribution in [0.25, 0.3) is 6.08 Å². The van der Waals surface area contributed by atoms with E-state index in [4.69, 9.17) is 14.6 Å². The Hall–Kier alpha value is -2.55. The molecule has 0 aliphatic carbocycles. The number of phenolic OH excluding ortho intramolecular Hbond substituents is 1. The van der Waals surface area contributed by atoms with E-state index in [-0.39, 0.29) is 30.1 Å². The molecule has 0 aliphatic rings. The molecule has 0 saturated heterocycles. The number of carbonyl (C=O) groups is 2. The molecule has 0 bridgehead atoms. The van der Waals surface area contributed by atoms with Crippen molar-refractivity contribution in [3.8, 4) is 11.5 Å². The van der Waals surface area contributed by atoms with Gasteiger partial charge in [0.05, 0.1) is 9.13 Å². The summed E-state index contributed by atoms with van der Waals surface area (Å²) in [6.45, 7) is 3.66. The maximum absolute atomic E-state index is 11.9. The second kappa shape index (κ2) is 8.52. The molecule has 0 aromatic heterocycles. The van der Waals surface area contributed by atoms with Gasteiger partial charge < -0.3 is 19.7 Å². The minimum absolute atomic E-state index is 0.0156. The summed E-state index contributed by atoms with van der Waals surface area (Å²) in [5.74, 6) is -1.35. The largest absolute Gasteiger partial charge is 0.507 e. The van der Waals surface area contributed by atoms with Crippen LogP contribution in [0.3, 0.4) is 0 Å². The Morgan fingerprint density at radius 2 is 1.92 bits per heavy atom. The van der Waals surface area contributed by atoms with E-state index in [1.54, 1.807) is 18.2 Å². The summed E-state index contributed by atoms with van der Waals surface area (Å²) < 4.78 is 11.2. The fourth-order valence-corrected chi connectivity index (χ4v) is 2.63. The number of phenols is 1. The zero-order chi connectivity index (χ0) is 18.4. The Labute approximate surface area is 157 Å². The Balaban J connectivity index is 1.88. The zero-order valence-electron chi connectivity index (χ0n) is 13.1. The fraction of sp³-hybridized carbons (Fsp3) is 0.111. The summed E-state index contributed by atoms with van der Waals surface area (Å²) in [5.41, 5.74) is 0.921. The van der Waals surface area contributed by atoms with Gasteiger partial charge in [0.1, 0.15) is 30.3 Å². The van der Waals surface area contributed by atoms with Crippen LogP contribution in [0.1, 0.15) is 26.3 Å². The van der Waals surface area contributed by atoms with E-state index in [2.05, 4.69) is 6.58 Å². The van der Waals surface area contributed by atoms with Gasteiger partial charge in [-0.25, -0.2) is 9.59 Å². The first kappa shape index (κ1) is 18.8. The van der Waals surface area contributed by atoms with Crippen molar-refractivity contribution >= 4 is 40.6 Å². The lowest BCUT2D eigenvalue weighted by Crippen LogP contribution is -2.13. The number of ether oxygens (including phenoxy) is 2. The highest BCUT2D eigenvalue weighted by atomic mass is 127. The molecule has 130 valence electrons. The maximum Gasteiger partial charge on any atom is 0.342 e. The molecular formula is C18H15IO6. The number of aromatic carboxylic acids is 1. The minimum atomic E-state index is -1.01. The molecule has 0 fully saturated rings. The number of hydrogen-bond donors (Lipinski definition) is 2. The first-order valence-electron chi connectivity index (χ1n) is 7.20. The van der Waals surface area contributed by atoms with E-state index in [1.807, 2.05) is 22.6 Å². The number of hydrogen-bond acceptors (Lipinski definition) is 5. The first-order valence-corrected chi connectivity index (χ1v) is 8.28. The molecule has 0 saturated carbocycles. The van der Waals surface area contributed by atoms with Crippen molar-refractivity contribution in [3.63, 3.8) is 0 Å². The van der Waals surface area contributed by atoms with Crippen LogP contribution in [0, 0.1) is 3.57 Å². The van der Waals surface area contributed by atoms with Crippen molar-refractivity contribution in [2.45, 2.75) is 0 Å². The third-order valence-corrected chi connectivity index (χ3v) is 4.07. The van der Waals surface area contributed by atoms with Gasteiger partial charge in [0.2, 0.25) is 0 Å². The third-order valence-electron chi connectivity index (χ3n) is 3.23. The topological polar surface area (TPSA) is 93.1 Å². The standard InChI is InChI=1S/C18H15IO6/c1-2-11-3-5-13(15(20)9-11)18(23)25-8-7-24-16-6-4-12(17(21)22)10-14(16)19/h2-6,9-10,20H,1,7-8H2,(H,21,22). The molecule has 0 heterocycles. The van der Waals surface area contributed by atoms with Gasteiger partial charge in [-0.05, 0) is 58.5 Å². The van der Waals surface area contributed by atoms with Gasteiger partial charge in [0, 0.05) is 0 Å². The SMILES string of the molecule is C=Cc1ccc(C(=O)OCCOc2ccc(C(=O)O)cc2I)c(O)c1. The zero-order valence-corrected chi connectivity index (χ0v) is 15.2. The van der Waals surface area contributed by atoms with Crippen molar-refractivity contribution < 1.29 is 29.3 Å². The lowest BCUT2D eigenvalue weighted by Gasteiger charge is -2.10. The Bertz CT molecular complexity index is 815. The molecule has 0 radical (unpaired) electrons. The quantitative estimate of drug-likeness (QED) is 0.378. The third kappa shape index (κ3) is 4.96. The molecule has 0 amide bonds. The molecule has 0 unspecified atom stereocenters. The van der Waals surface area contributed by atoms with Gasteiger partial charge in [-0.2, -0.15) is 0 Å². The Morgan fingerprint density at radius 3 is 2.52 bits per heavy atom. The van der Waals surface area contributed by atoms with Crippen LogP contribution in [0.5, 0.6) is 11.5 Å². The van der Waals surface area contributed by atoms with Crippen molar-refractivity contribution in [3.05, 3.63) is 63.2 Å². The van der Waals surface area contributed by atoms with Crippen LogP contribution >= 0.6 is 22.6 Å². The van der Waals surface area contributed by atoms with Gasteiger partial charge in [-0.3, -0.25) is 0 Å². The Kier molecular flexibility index (Phi) is 6.40. The van der Waals surface area contributed by atoms with E-state index in [0.717, 1.165) is 0 Å². The fourth-order valence-electron chi connectivity index (χ4n) is 1.96. The number of benzene rings is 2. The summed E-state index contributed by atoms with van der Waals surface area (Å²) in [6.07, 6.45) is 1.56. The molecule has 2 rings (SSSR count). The lowest BCUT2D eigenvalue weighted by atomic mass is 10.1. The minimum Gasteiger partial charge on any atom is -0.507 e. The maximum atomic E-state index is 11.9. The molecule has 0 aliphatic heterocycles. The summed E-state index contributed by atoms with van der Waals surface area (Å²) in [6, 6.07) is 9.00. The van der Waals surface area contributed by atoms with Crippen LogP contribution in [0.2, 0.25) is 0 Å².